The van der Waals surface area contributed by atoms with Gasteiger partial charge in [-0.05, 0) is 26.7 Å². The van der Waals surface area contributed by atoms with Gasteiger partial charge >= 0.3 is 6.09 Å². The summed E-state index contributed by atoms with van der Waals surface area (Å²) in [7, 11) is 0. The number of nitrogens with one attached hydrogen (secondary N) is 1. The van der Waals surface area contributed by atoms with Gasteiger partial charge in [-0.25, -0.2) is 4.79 Å². The lowest BCUT2D eigenvalue weighted by Crippen LogP contribution is -2.36. The number of aliphatic hydroxyl groups is 1. The van der Waals surface area contributed by atoms with E-state index in [9.17, 15) is 9.90 Å². The molecule has 0 aromatic carbocycles. The smallest absolute Gasteiger partial charge is 0.431 e. The summed E-state index contributed by atoms with van der Waals surface area (Å²) in [5.74, 6) is 0.638. The Morgan fingerprint density at radius 3 is 2.53 bits per heavy atom. The molecule has 100 valence electrons. The van der Waals surface area contributed by atoms with Gasteiger partial charge in [-0.15, -0.1) is 0 Å². The maximum Gasteiger partial charge on any atom is 0.431 e. The second-order valence-electron chi connectivity index (χ2n) is 5.55. The van der Waals surface area contributed by atoms with Gasteiger partial charge in [0, 0.05) is 12.5 Å². The van der Waals surface area contributed by atoms with Crippen molar-refractivity contribution < 1.29 is 19.5 Å². The zero-order chi connectivity index (χ0) is 12.9. The minimum Gasteiger partial charge on any atom is -0.442 e. The number of hydrogen-bond acceptors (Lipinski definition) is 4. The van der Waals surface area contributed by atoms with Gasteiger partial charge in [-0.2, -0.15) is 5.48 Å². The third-order valence-electron chi connectivity index (χ3n) is 2.90. The summed E-state index contributed by atoms with van der Waals surface area (Å²) in [6.07, 6.45) is 2.91. The van der Waals surface area contributed by atoms with Crippen LogP contribution in [-0.2, 0) is 9.57 Å². The third-order valence-corrected chi connectivity index (χ3v) is 2.90. The number of aliphatic hydroxyl groups excluding tert-OH is 1. The van der Waals surface area contributed by atoms with Gasteiger partial charge in [0.15, 0.2) is 0 Å². The quantitative estimate of drug-likeness (QED) is 0.725. The van der Waals surface area contributed by atoms with E-state index in [0.717, 1.165) is 12.8 Å². The Labute approximate surface area is 102 Å². The summed E-state index contributed by atoms with van der Waals surface area (Å²) in [5, 5.41) is 9.19. The van der Waals surface area contributed by atoms with Gasteiger partial charge in [0.1, 0.15) is 5.60 Å². The van der Waals surface area contributed by atoms with Crippen LogP contribution in [0.25, 0.3) is 0 Å². The second-order valence-corrected chi connectivity index (χ2v) is 5.55. The highest BCUT2D eigenvalue weighted by atomic mass is 16.7. The first-order chi connectivity index (χ1) is 7.92. The van der Waals surface area contributed by atoms with Crippen molar-refractivity contribution in [2.75, 3.05) is 13.2 Å². The molecule has 1 atom stereocenters. The highest BCUT2D eigenvalue weighted by molar-refractivity contribution is 5.66. The topological polar surface area (TPSA) is 67.8 Å². The summed E-state index contributed by atoms with van der Waals surface area (Å²) in [6, 6.07) is 0. The Bertz CT molecular complexity index is 245. The fourth-order valence-corrected chi connectivity index (χ4v) is 1.76. The summed E-state index contributed by atoms with van der Waals surface area (Å²) < 4.78 is 5.02. The van der Waals surface area contributed by atoms with E-state index in [4.69, 9.17) is 9.57 Å². The van der Waals surface area contributed by atoms with Gasteiger partial charge in [0.2, 0.25) is 0 Å². The molecule has 17 heavy (non-hydrogen) atoms. The predicted molar refractivity (Wildman–Crippen MR) is 63.2 cm³/mol. The largest absolute Gasteiger partial charge is 0.442 e. The first-order valence-corrected chi connectivity index (χ1v) is 6.14. The van der Waals surface area contributed by atoms with E-state index >= 15 is 0 Å². The van der Waals surface area contributed by atoms with Crippen molar-refractivity contribution in [3.8, 4) is 0 Å². The molecule has 0 bridgehead atoms. The molecule has 0 aromatic heterocycles. The molecule has 1 fully saturated rings. The van der Waals surface area contributed by atoms with Crippen LogP contribution >= 0.6 is 0 Å². The molecule has 1 unspecified atom stereocenters. The Morgan fingerprint density at radius 1 is 1.47 bits per heavy atom. The van der Waals surface area contributed by atoms with Crippen LogP contribution in [0.2, 0.25) is 0 Å². The Balaban J connectivity index is 2.15. The van der Waals surface area contributed by atoms with E-state index in [1.807, 2.05) is 0 Å². The summed E-state index contributed by atoms with van der Waals surface area (Å²) >= 11 is 0. The number of carbonyl (C=O) groups excluding carboxylic acids is 1. The highest BCUT2D eigenvalue weighted by Gasteiger charge is 2.27. The molecule has 0 saturated heterocycles. The number of carbonyl (C=O) groups is 1. The van der Waals surface area contributed by atoms with Gasteiger partial charge in [-0.3, -0.25) is 4.84 Å². The maximum absolute atomic E-state index is 11.3. The average Bonchev–Trinajstić information content (AvgIpc) is 2.10. The van der Waals surface area contributed by atoms with Crippen LogP contribution in [0.15, 0.2) is 0 Å². The molecule has 2 N–H and O–H groups in total. The van der Waals surface area contributed by atoms with E-state index in [0.29, 0.717) is 12.5 Å². The van der Waals surface area contributed by atoms with Crippen molar-refractivity contribution in [3.63, 3.8) is 0 Å². The van der Waals surface area contributed by atoms with Crippen LogP contribution in [0, 0.1) is 11.8 Å². The predicted octanol–water partition coefficient (Wildman–Crippen LogP) is 1.85. The van der Waals surface area contributed by atoms with Crippen molar-refractivity contribution in [1.82, 2.24) is 5.48 Å². The second kappa shape index (κ2) is 6.21. The number of hydroxylamine groups is 1. The van der Waals surface area contributed by atoms with Crippen LogP contribution < -0.4 is 5.48 Å². The van der Waals surface area contributed by atoms with Gasteiger partial charge in [-0.1, -0.05) is 19.3 Å². The fourth-order valence-electron chi connectivity index (χ4n) is 1.76. The summed E-state index contributed by atoms with van der Waals surface area (Å²) in [5.41, 5.74) is 1.70. The lowest BCUT2D eigenvalue weighted by Gasteiger charge is -2.32. The molecule has 0 radical (unpaired) electrons. The lowest BCUT2D eigenvalue weighted by molar-refractivity contribution is -0.0388. The standard InChI is InChI=1S/C12H23NO4/c1-12(2,3)17-11(15)13-16-8-10(7-14)9-5-4-6-9/h9-10,14H,4-8H2,1-3H3,(H,13,15). The summed E-state index contributed by atoms with van der Waals surface area (Å²) in [4.78, 5) is 16.3. The number of ether oxygens (including phenoxy) is 1. The molecule has 5 nitrogen and oxygen atoms in total. The molecule has 1 aliphatic carbocycles. The molecule has 0 spiro atoms. The monoisotopic (exact) mass is 245 g/mol. The molecular formula is C12H23NO4. The lowest BCUT2D eigenvalue weighted by atomic mass is 9.76. The zero-order valence-electron chi connectivity index (χ0n) is 10.9. The SMILES string of the molecule is CC(C)(C)OC(=O)NOCC(CO)C1CCC1. The van der Waals surface area contributed by atoms with Crippen LogP contribution in [0.4, 0.5) is 4.79 Å². The van der Waals surface area contributed by atoms with E-state index in [1.54, 1.807) is 20.8 Å². The molecule has 1 amide bonds. The number of amides is 1. The minimum absolute atomic E-state index is 0.0979. The number of hydrogen-bond donors (Lipinski definition) is 2. The minimum atomic E-state index is -0.595. The molecule has 0 aliphatic heterocycles. The normalized spacial score (nSPS) is 18.4. The van der Waals surface area contributed by atoms with Crippen LogP contribution in [-0.4, -0.2) is 30.0 Å². The molecular weight excluding hydrogens is 222 g/mol. The maximum atomic E-state index is 11.3. The van der Waals surface area contributed by atoms with Crippen LogP contribution in [0.3, 0.4) is 0 Å². The third kappa shape index (κ3) is 5.37. The molecule has 5 heteroatoms. The van der Waals surface area contributed by atoms with E-state index in [1.165, 1.54) is 6.42 Å². The molecule has 1 aliphatic rings. The van der Waals surface area contributed by atoms with Crippen molar-refractivity contribution in [1.29, 1.82) is 0 Å². The highest BCUT2D eigenvalue weighted by Crippen LogP contribution is 2.33. The first-order valence-electron chi connectivity index (χ1n) is 6.14. The molecule has 1 rings (SSSR count). The van der Waals surface area contributed by atoms with E-state index in [2.05, 4.69) is 5.48 Å². The van der Waals surface area contributed by atoms with Crippen LogP contribution in [0.5, 0.6) is 0 Å². The van der Waals surface area contributed by atoms with Gasteiger partial charge < -0.3 is 9.84 Å². The Kier molecular flexibility index (Phi) is 5.21. The summed E-state index contributed by atoms with van der Waals surface area (Å²) in [6.45, 7) is 5.80. The van der Waals surface area contributed by atoms with Crippen LogP contribution in [0.1, 0.15) is 40.0 Å². The van der Waals surface area contributed by atoms with Crippen molar-refractivity contribution in [3.05, 3.63) is 0 Å². The van der Waals surface area contributed by atoms with Crippen molar-refractivity contribution >= 4 is 6.09 Å². The fraction of sp³-hybridized carbons (Fsp3) is 0.917. The molecule has 0 aromatic rings. The Morgan fingerprint density at radius 2 is 2.12 bits per heavy atom. The first kappa shape index (κ1) is 14.3. The average molecular weight is 245 g/mol. The van der Waals surface area contributed by atoms with Crippen molar-refractivity contribution in [2.45, 2.75) is 45.6 Å². The van der Waals surface area contributed by atoms with Crippen molar-refractivity contribution in [2.24, 2.45) is 11.8 Å². The Hall–Kier alpha value is -0.810. The molecule has 0 heterocycles. The van der Waals surface area contributed by atoms with Gasteiger partial charge in [0.05, 0.1) is 6.61 Å². The molecule has 1 saturated carbocycles. The van der Waals surface area contributed by atoms with E-state index < -0.39 is 11.7 Å². The van der Waals surface area contributed by atoms with Gasteiger partial charge in [0.25, 0.3) is 0 Å². The zero-order valence-corrected chi connectivity index (χ0v) is 10.9. The van der Waals surface area contributed by atoms with E-state index in [-0.39, 0.29) is 12.5 Å². The number of rotatable bonds is 5.